The van der Waals surface area contributed by atoms with Crippen LogP contribution in [0, 0.1) is 11.3 Å². The van der Waals surface area contributed by atoms with Crippen molar-refractivity contribution in [3.63, 3.8) is 0 Å². The van der Waals surface area contributed by atoms with Crippen molar-refractivity contribution >= 4 is 8.06 Å². The summed E-state index contributed by atoms with van der Waals surface area (Å²) in [5.41, 5.74) is -0.511. The molecule has 0 aromatic heterocycles. The number of hydrogen-bond donors (Lipinski definition) is 1. The van der Waals surface area contributed by atoms with Gasteiger partial charge >= 0.3 is 147 Å². The van der Waals surface area contributed by atoms with E-state index >= 15 is 0 Å². The SMILES string of the molecule is N#Cc1ccc(N2CCN(CCO)CC2)[c]([Y])c1C(F)(F)F. The Kier molecular flexibility index (Phi) is 5.84. The van der Waals surface area contributed by atoms with Crippen LogP contribution in [0.5, 0.6) is 0 Å². The zero-order chi connectivity index (χ0) is 16.3. The Labute approximate surface area is 146 Å². The van der Waals surface area contributed by atoms with Crippen LogP contribution >= 0.6 is 0 Å². The minimum absolute atomic E-state index is 0.0839. The first-order valence-electron chi connectivity index (χ1n) is 6.86. The predicted octanol–water partition coefficient (Wildman–Crippen LogP) is 0.863. The quantitative estimate of drug-likeness (QED) is 0.837. The average molecular weight is 387 g/mol. The van der Waals surface area contributed by atoms with Crippen molar-refractivity contribution in [1.82, 2.24) is 4.90 Å². The first kappa shape index (κ1) is 17.7. The summed E-state index contributed by atoms with van der Waals surface area (Å²) in [7, 11) is 0. The third-order valence-electron chi connectivity index (χ3n) is 3.76. The second-order valence-corrected chi connectivity index (χ2v) is 6.50. The number of alkyl halides is 3. The van der Waals surface area contributed by atoms with Crippen LogP contribution in [0.4, 0.5) is 18.9 Å². The maximum absolute atomic E-state index is 13.2. The summed E-state index contributed by atoms with van der Waals surface area (Å²) in [6.45, 7) is 3.33. The second-order valence-electron chi connectivity index (χ2n) is 5.08. The average Bonchev–Trinajstić information content (AvgIpc) is 2.47. The van der Waals surface area contributed by atoms with Crippen LogP contribution in [0.15, 0.2) is 12.1 Å². The molecule has 1 aromatic carbocycles. The fraction of sp³-hybridized carbons (Fsp3) is 0.500. The van der Waals surface area contributed by atoms with Crippen molar-refractivity contribution in [2.24, 2.45) is 0 Å². The molecule has 0 saturated carbocycles. The number of anilines is 1. The van der Waals surface area contributed by atoms with Gasteiger partial charge in [-0.2, -0.15) is 0 Å². The molecule has 116 valence electrons. The molecule has 1 heterocycles. The summed E-state index contributed by atoms with van der Waals surface area (Å²) in [5.74, 6) is 0. The molecule has 1 aliphatic rings. The molecule has 2 rings (SSSR count). The molecular formula is C14H15F3N3OY. The fourth-order valence-electron chi connectivity index (χ4n) is 2.64. The minimum atomic E-state index is -4.51. The Hall–Kier alpha value is -0.676. The van der Waals surface area contributed by atoms with Crippen molar-refractivity contribution in [2.75, 3.05) is 44.2 Å². The Morgan fingerprint density at radius 2 is 1.86 bits per heavy atom. The monoisotopic (exact) mass is 387 g/mol. The molecule has 0 amide bonds. The molecule has 0 radical (unpaired) electrons. The number of aliphatic hydroxyl groups excluding tert-OH is 1. The van der Waals surface area contributed by atoms with Gasteiger partial charge in [-0.25, -0.2) is 0 Å². The molecule has 0 unspecified atom stereocenters. The number of hydrogen-bond acceptors (Lipinski definition) is 4. The molecule has 0 spiro atoms. The van der Waals surface area contributed by atoms with Crippen LogP contribution in [0.1, 0.15) is 11.1 Å². The molecule has 0 aliphatic carbocycles. The van der Waals surface area contributed by atoms with Gasteiger partial charge in [-0.05, 0) is 0 Å². The van der Waals surface area contributed by atoms with E-state index in [9.17, 15) is 13.2 Å². The standard InChI is InChI=1S/C14H15F3N3O.Y/c15-14(16,17)13-9-12(2-1-11(13)10-18)20-5-3-19(4-6-20)7-8-21;/h1-2,21H,3-8H2;. The van der Waals surface area contributed by atoms with E-state index in [1.165, 1.54) is 6.07 Å². The van der Waals surface area contributed by atoms with Gasteiger partial charge in [0.05, 0.1) is 0 Å². The number of benzene rings is 1. The van der Waals surface area contributed by atoms with Crippen molar-refractivity contribution in [1.29, 1.82) is 5.26 Å². The molecule has 1 saturated heterocycles. The van der Waals surface area contributed by atoms with Crippen molar-refractivity contribution < 1.29 is 49.2 Å². The predicted molar refractivity (Wildman–Crippen MR) is 71.5 cm³/mol. The van der Waals surface area contributed by atoms with Crippen LogP contribution in [0.25, 0.3) is 0 Å². The van der Waals surface area contributed by atoms with Gasteiger partial charge in [0.2, 0.25) is 0 Å². The van der Waals surface area contributed by atoms with E-state index in [1.807, 2.05) is 4.90 Å². The third-order valence-corrected chi connectivity index (χ3v) is 5.19. The topological polar surface area (TPSA) is 50.5 Å². The number of rotatable bonds is 3. The first-order valence-corrected chi connectivity index (χ1v) is 8.28. The van der Waals surface area contributed by atoms with Crippen molar-refractivity contribution in [3.8, 4) is 6.07 Å². The molecule has 1 N–H and O–H groups in total. The van der Waals surface area contributed by atoms with Crippen LogP contribution in [0.2, 0.25) is 0 Å². The Bertz CT molecular complexity index is 578. The molecule has 1 aliphatic heterocycles. The van der Waals surface area contributed by atoms with Gasteiger partial charge in [0.15, 0.2) is 0 Å². The summed E-state index contributed by atoms with van der Waals surface area (Å²) in [6.07, 6.45) is -4.51. The first-order chi connectivity index (χ1) is 10.4. The van der Waals surface area contributed by atoms with E-state index in [1.54, 1.807) is 12.1 Å². The molecule has 4 nitrogen and oxygen atoms in total. The summed E-state index contributed by atoms with van der Waals surface area (Å²) in [5, 5.41) is 17.8. The molecule has 0 bridgehead atoms. The zero-order valence-electron chi connectivity index (χ0n) is 11.9. The van der Waals surface area contributed by atoms with Crippen molar-refractivity contribution in [2.45, 2.75) is 6.18 Å². The Balaban J connectivity index is 2.29. The van der Waals surface area contributed by atoms with E-state index in [2.05, 4.69) is 4.90 Å². The number of nitrogens with zero attached hydrogens (tertiary/aromatic N) is 3. The Morgan fingerprint density at radius 1 is 1.23 bits per heavy atom. The molecule has 1 aromatic rings. The van der Waals surface area contributed by atoms with Gasteiger partial charge in [0.25, 0.3) is 0 Å². The zero-order valence-corrected chi connectivity index (χ0v) is 14.7. The number of nitriles is 1. The van der Waals surface area contributed by atoms with E-state index in [4.69, 9.17) is 10.4 Å². The summed E-state index contributed by atoms with van der Waals surface area (Å²) in [4.78, 5) is 4.02. The van der Waals surface area contributed by atoms with Gasteiger partial charge in [-0.15, -0.1) is 0 Å². The fourth-order valence-corrected chi connectivity index (χ4v) is 4.11. The van der Waals surface area contributed by atoms with E-state index in [0.29, 0.717) is 69.4 Å². The maximum atomic E-state index is 13.2. The van der Waals surface area contributed by atoms with Crippen LogP contribution in [-0.4, -0.2) is 49.3 Å². The number of halogens is 3. The number of β-amino-alcohol motifs (C(OH)–C–C–N with tert-alkyl or cyclic N) is 1. The van der Waals surface area contributed by atoms with E-state index in [-0.39, 0.29) is 14.5 Å². The van der Waals surface area contributed by atoms with Gasteiger partial charge in [-0.1, -0.05) is 0 Å². The van der Waals surface area contributed by atoms with Crippen molar-refractivity contribution in [3.05, 3.63) is 23.3 Å². The molecule has 22 heavy (non-hydrogen) atoms. The molecule has 0 atom stereocenters. The molecular weight excluding hydrogens is 372 g/mol. The van der Waals surface area contributed by atoms with E-state index < -0.39 is 11.7 Å². The van der Waals surface area contributed by atoms with E-state index in [0.717, 1.165) is 0 Å². The third kappa shape index (κ3) is 3.80. The van der Waals surface area contributed by atoms with Crippen LogP contribution in [-0.2, 0) is 37.1 Å². The summed E-state index contributed by atoms with van der Waals surface area (Å²) >= 11 is 0.301. The molecule has 8 heteroatoms. The summed E-state index contributed by atoms with van der Waals surface area (Å²) < 4.78 is 39.9. The van der Waals surface area contributed by atoms with Crippen LogP contribution < -0.4 is 7.27 Å². The summed E-state index contributed by atoms with van der Waals surface area (Å²) in [6, 6.07) is 4.53. The number of aliphatic hydroxyl groups is 1. The Morgan fingerprint density at radius 3 is 2.36 bits per heavy atom. The normalized spacial score (nSPS) is 16.5. The van der Waals surface area contributed by atoms with Gasteiger partial charge < -0.3 is 0 Å². The second kappa shape index (κ2) is 7.26. The van der Waals surface area contributed by atoms with Gasteiger partial charge in [0.1, 0.15) is 0 Å². The van der Waals surface area contributed by atoms with Gasteiger partial charge in [0, 0.05) is 0 Å². The molecule has 1 fully saturated rings. The van der Waals surface area contributed by atoms with Gasteiger partial charge in [-0.3, -0.25) is 0 Å². The number of piperazine rings is 1. The van der Waals surface area contributed by atoms with Crippen LogP contribution in [0.3, 0.4) is 0 Å².